The summed E-state index contributed by atoms with van der Waals surface area (Å²) < 4.78 is 0. The minimum Gasteiger partial charge on any atom is -0.312 e. The average Bonchev–Trinajstić information content (AvgIpc) is 2.77. The summed E-state index contributed by atoms with van der Waals surface area (Å²) in [4.78, 5) is 2.67. The predicted molar refractivity (Wildman–Crippen MR) is 82.3 cm³/mol. The number of hydrogen-bond donors (Lipinski definition) is 1. The van der Waals surface area contributed by atoms with Crippen LogP contribution in [0.1, 0.15) is 45.2 Å². The Morgan fingerprint density at radius 3 is 2.42 bits per heavy atom. The van der Waals surface area contributed by atoms with E-state index in [4.69, 9.17) is 0 Å². The van der Waals surface area contributed by atoms with E-state index in [9.17, 15) is 0 Å². The van der Waals surface area contributed by atoms with Crippen molar-refractivity contribution in [1.29, 1.82) is 0 Å². The monoisotopic (exact) mass is 260 g/mol. The van der Waals surface area contributed by atoms with E-state index in [0.29, 0.717) is 17.5 Å². The molecule has 19 heavy (non-hydrogen) atoms. The van der Waals surface area contributed by atoms with Crippen molar-refractivity contribution in [3.63, 3.8) is 0 Å². The molecule has 106 valence electrons. The maximum absolute atomic E-state index is 3.53. The molecule has 1 aliphatic heterocycles. The van der Waals surface area contributed by atoms with Crippen LogP contribution in [0.25, 0.3) is 0 Å². The van der Waals surface area contributed by atoms with Gasteiger partial charge in [-0.2, -0.15) is 0 Å². The minimum absolute atomic E-state index is 0.431. The van der Waals surface area contributed by atoms with Gasteiger partial charge in [-0.3, -0.25) is 4.90 Å². The van der Waals surface area contributed by atoms with E-state index in [-0.39, 0.29) is 0 Å². The zero-order chi connectivity index (χ0) is 13.9. The molecule has 1 heterocycles. The van der Waals surface area contributed by atoms with Crippen LogP contribution in [0.5, 0.6) is 0 Å². The molecule has 1 N–H and O–H groups in total. The van der Waals surface area contributed by atoms with Gasteiger partial charge in [0.05, 0.1) is 0 Å². The molecule has 2 unspecified atom stereocenters. The van der Waals surface area contributed by atoms with Crippen molar-refractivity contribution >= 4 is 0 Å². The van der Waals surface area contributed by atoms with Crippen LogP contribution in [0.15, 0.2) is 30.3 Å². The van der Waals surface area contributed by atoms with Crippen LogP contribution in [0, 0.1) is 5.41 Å². The van der Waals surface area contributed by atoms with Gasteiger partial charge in [0.15, 0.2) is 0 Å². The Labute approximate surface area is 118 Å². The molecule has 0 aromatic heterocycles. The number of benzene rings is 1. The molecule has 0 saturated carbocycles. The number of hydrogen-bond acceptors (Lipinski definition) is 2. The van der Waals surface area contributed by atoms with E-state index in [1.807, 2.05) is 0 Å². The quantitative estimate of drug-likeness (QED) is 0.872. The average molecular weight is 260 g/mol. The summed E-state index contributed by atoms with van der Waals surface area (Å²) in [6.45, 7) is 9.53. The van der Waals surface area contributed by atoms with Crippen LogP contribution >= 0.6 is 0 Å². The van der Waals surface area contributed by atoms with Crippen molar-refractivity contribution in [2.24, 2.45) is 5.41 Å². The molecular formula is C17H28N2. The Bertz CT molecular complexity index is 386. The minimum atomic E-state index is 0.431. The molecule has 1 aromatic rings. The van der Waals surface area contributed by atoms with Crippen LogP contribution in [-0.2, 0) is 0 Å². The zero-order valence-corrected chi connectivity index (χ0v) is 12.8. The van der Waals surface area contributed by atoms with Crippen molar-refractivity contribution in [1.82, 2.24) is 10.2 Å². The highest BCUT2D eigenvalue weighted by atomic mass is 15.2. The van der Waals surface area contributed by atoms with Crippen LogP contribution in [0.2, 0.25) is 0 Å². The Kier molecular flexibility index (Phi) is 4.64. The second-order valence-corrected chi connectivity index (χ2v) is 6.54. The fourth-order valence-corrected chi connectivity index (χ4v) is 3.38. The number of rotatable bonds is 5. The molecule has 0 amide bonds. The number of likely N-dealkylation sites (tertiary alicyclic amines) is 1. The first-order chi connectivity index (χ1) is 9.07. The summed E-state index contributed by atoms with van der Waals surface area (Å²) in [5, 5.41) is 3.53. The lowest BCUT2D eigenvalue weighted by Gasteiger charge is -2.35. The van der Waals surface area contributed by atoms with Crippen molar-refractivity contribution in [2.75, 3.05) is 20.1 Å². The second kappa shape index (κ2) is 6.06. The number of likely N-dealkylation sites (N-methyl/N-ethyl adjacent to an activating group) is 1. The van der Waals surface area contributed by atoms with Crippen LogP contribution in [0.3, 0.4) is 0 Å². The lowest BCUT2D eigenvalue weighted by atomic mass is 9.92. The smallest absolute Gasteiger partial charge is 0.0475 e. The van der Waals surface area contributed by atoms with Crippen LogP contribution in [-0.4, -0.2) is 31.1 Å². The zero-order valence-electron chi connectivity index (χ0n) is 12.8. The largest absolute Gasteiger partial charge is 0.312 e. The summed E-state index contributed by atoms with van der Waals surface area (Å²) in [7, 11) is 2.08. The van der Waals surface area contributed by atoms with Gasteiger partial charge in [0.1, 0.15) is 0 Å². The third-order valence-electron chi connectivity index (χ3n) is 4.45. The Balaban J connectivity index is 2.16. The topological polar surface area (TPSA) is 15.3 Å². The summed E-state index contributed by atoms with van der Waals surface area (Å²) in [5.74, 6) is 0. The first kappa shape index (κ1) is 14.5. The SMILES string of the molecule is CCC(C(NC)c1ccccc1)N1CCC(C)(C)C1. The van der Waals surface area contributed by atoms with Gasteiger partial charge in [-0.15, -0.1) is 0 Å². The molecule has 1 aliphatic rings. The number of nitrogens with zero attached hydrogens (tertiary/aromatic N) is 1. The fourth-order valence-electron chi connectivity index (χ4n) is 3.38. The van der Waals surface area contributed by atoms with E-state index in [1.54, 1.807) is 0 Å². The molecule has 2 heteroatoms. The molecule has 0 radical (unpaired) electrons. The molecule has 0 aliphatic carbocycles. The van der Waals surface area contributed by atoms with Gasteiger partial charge in [0.25, 0.3) is 0 Å². The van der Waals surface area contributed by atoms with Crippen molar-refractivity contribution < 1.29 is 0 Å². The van der Waals surface area contributed by atoms with E-state index in [0.717, 1.165) is 0 Å². The van der Waals surface area contributed by atoms with Crippen molar-refractivity contribution in [3.05, 3.63) is 35.9 Å². The Morgan fingerprint density at radius 2 is 1.95 bits per heavy atom. The summed E-state index contributed by atoms with van der Waals surface area (Å²) >= 11 is 0. The first-order valence-electron chi connectivity index (χ1n) is 7.53. The maximum Gasteiger partial charge on any atom is 0.0475 e. The molecule has 0 spiro atoms. The molecule has 2 nitrogen and oxygen atoms in total. The van der Waals surface area contributed by atoms with Gasteiger partial charge in [0.2, 0.25) is 0 Å². The van der Waals surface area contributed by atoms with Gasteiger partial charge in [-0.1, -0.05) is 51.1 Å². The van der Waals surface area contributed by atoms with Crippen LogP contribution < -0.4 is 5.32 Å². The lowest BCUT2D eigenvalue weighted by Crippen LogP contribution is -2.43. The Morgan fingerprint density at radius 1 is 1.26 bits per heavy atom. The molecule has 1 aromatic carbocycles. The lowest BCUT2D eigenvalue weighted by molar-refractivity contribution is 0.173. The van der Waals surface area contributed by atoms with E-state index < -0.39 is 0 Å². The molecular weight excluding hydrogens is 232 g/mol. The third-order valence-corrected chi connectivity index (χ3v) is 4.45. The molecule has 0 bridgehead atoms. The third kappa shape index (κ3) is 3.37. The van der Waals surface area contributed by atoms with Gasteiger partial charge in [-0.25, -0.2) is 0 Å². The van der Waals surface area contributed by atoms with Gasteiger partial charge >= 0.3 is 0 Å². The highest BCUT2D eigenvalue weighted by molar-refractivity contribution is 5.21. The normalized spacial score (nSPS) is 22.3. The van der Waals surface area contributed by atoms with Crippen molar-refractivity contribution in [3.8, 4) is 0 Å². The van der Waals surface area contributed by atoms with Crippen molar-refractivity contribution in [2.45, 2.75) is 45.7 Å². The van der Waals surface area contributed by atoms with Crippen LogP contribution in [0.4, 0.5) is 0 Å². The van der Waals surface area contributed by atoms with Gasteiger partial charge < -0.3 is 5.32 Å². The van der Waals surface area contributed by atoms with E-state index >= 15 is 0 Å². The second-order valence-electron chi connectivity index (χ2n) is 6.54. The highest BCUT2D eigenvalue weighted by Crippen LogP contribution is 2.34. The van der Waals surface area contributed by atoms with Gasteiger partial charge in [0, 0.05) is 18.6 Å². The first-order valence-corrected chi connectivity index (χ1v) is 7.53. The predicted octanol–water partition coefficient (Wildman–Crippen LogP) is 3.46. The standard InChI is InChI=1S/C17H28N2/c1-5-15(19-12-11-17(2,3)13-19)16(18-4)14-9-7-6-8-10-14/h6-10,15-16,18H,5,11-13H2,1-4H3. The summed E-state index contributed by atoms with van der Waals surface area (Å²) in [6.07, 6.45) is 2.51. The summed E-state index contributed by atoms with van der Waals surface area (Å²) in [5.41, 5.74) is 1.88. The molecule has 2 atom stereocenters. The Hall–Kier alpha value is -0.860. The molecule has 1 fully saturated rings. The van der Waals surface area contributed by atoms with E-state index in [1.165, 1.54) is 31.5 Å². The molecule has 2 rings (SSSR count). The van der Waals surface area contributed by atoms with Gasteiger partial charge in [-0.05, 0) is 37.4 Å². The fraction of sp³-hybridized carbons (Fsp3) is 0.647. The molecule has 1 saturated heterocycles. The van der Waals surface area contributed by atoms with E-state index in [2.05, 4.69) is 68.4 Å². The summed E-state index contributed by atoms with van der Waals surface area (Å²) in [6, 6.07) is 11.9. The number of nitrogens with one attached hydrogen (secondary N) is 1. The maximum atomic E-state index is 3.53. The highest BCUT2D eigenvalue weighted by Gasteiger charge is 2.35.